The first kappa shape index (κ1) is 13.9. The summed E-state index contributed by atoms with van der Waals surface area (Å²) in [6, 6.07) is 8.66. The highest BCUT2D eigenvalue weighted by Crippen LogP contribution is 2.32. The van der Waals surface area contributed by atoms with Crippen LogP contribution in [0, 0.1) is 0 Å². The Bertz CT molecular complexity index is 609. The number of nitrogens with one attached hydrogen (secondary N) is 1. The second-order valence-corrected chi connectivity index (χ2v) is 5.49. The molecule has 1 aromatic heterocycles. The average Bonchev–Trinajstić information content (AvgIpc) is 3.10. The Kier molecular flexibility index (Phi) is 4.10. The summed E-state index contributed by atoms with van der Waals surface area (Å²) in [5.41, 5.74) is 2.36. The molecule has 0 radical (unpaired) electrons. The zero-order chi connectivity index (χ0) is 14.7. The Balaban J connectivity index is 1.46. The minimum absolute atomic E-state index is 0.334. The van der Waals surface area contributed by atoms with Crippen LogP contribution < -0.4 is 14.8 Å². The van der Waals surface area contributed by atoms with E-state index in [1.54, 1.807) is 0 Å². The van der Waals surface area contributed by atoms with Gasteiger partial charge in [0, 0.05) is 25.8 Å². The van der Waals surface area contributed by atoms with E-state index in [4.69, 9.17) is 9.47 Å². The number of hydrogen-bond donors (Lipinski definition) is 1. The van der Waals surface area contributed by atoms with Crippen molar-refractivity contribution in [3.05, 3.63) is 41.7 Å². The molecule has 0 bridgehead atoms. The predicted molar refractivity (Wildman–Crippen MR) is 80.4 cm³/mol. The smallest absolute Gasteiger partial charge is 0.231 e. The Hall–Kier alpha value is -2.01. The van der Waals surface area contributed by atoms with Crippen molar-refractivity contribution in [2.75, 3.05) is 6.79 Å². The van der Waals surface area contributed by atoms with Crippen molar-refractivity contribution in [1.29, 1.82) is 0 Å². The molecule has 112 valence electrons. The summed E-state index contributed by atoms with van der Waals surface area (Å²) in [4.78, 5) is 0. The van der Waals surface area contributed by atoms with Crippen LogP contribution in [-0.4, -0.2) is 22.6 Å². The second-order valence-electron chi connectivity index (χ2n) is 5.49. The molecule has 0 saturated heterocycles. The first-order valence-electron chi connectivity index (χ1n) is 7.31. The Morgan fingerprint density at radius 1 is 1.29 bits per heavy atom. The van der Waals surface area contributed by atoms with E-state index in [1.807, 2.05) is 30.1 Å². The third kappa shape index (κ3) is 3.55. The van der Waals surface area contributed by atoms with E-state index < -0.39 is 0 Å². The van der Waals surface area contributed by atoms with E-state index in [9.17, 15) is 0 Å². The van der Waals surface area contributed by atoms with Crippen LogP contribution in [0.15, 0.2) is 30.5 Å². The van der Waals surface area contributed by atoms with Gasteiger partial charge >= 0.3 is 0 Å². The van der Waals surface area contributed by atoms with E-state index in [0.29, 0.717) is 12.8 Å². The van der Waals surface area contributed by atoms with Crippen LogP contribution in [0.5, 0.6) is 11.5 Å². The molecule has 5 nitrogen and oxygen atoms in total. The molecule has 3 rings (SSSR count). The van der Waals surface area contributed by atoms with E-state index >= 15 is 0 Å². The van der Waals surface area contributed by atoms with Crippen molar-refractivity contribution >= 4 is 0 Å². The quantitative estimate of drug-likeness (QED) is 0.885. The van der Waals surface area contributed by atoms with E-state index in [-0.39, 0.29) is 0 Å². The highest BCUT2D eigenvalue weighted by molar-refractivity contribution is 5.44. The zero-order valence-electron chi connectivity index (χ0n) is 12.5. The highest BCUT2D eigenvalue weighted by Gasteiger charge is 2.13. The summed E-state index contributed by atoms with van der Waals surface area (Å²) in [5.74, 6) is 1.71. The van der Waals surface area contributed by atoms with Gasteiger partial charge in [-0.1, -0.05) is 6.07 Å². The largest absolute Gasteiger partial charge is 0.454 e. The minimum Gasteiger partial charge on any atom is -0.454 e. The second kappa shape index (κ2) is 6.18. The molecule has 1 unspecified atom stereocenters. The molecule has 0 fully saturated rings. The summed E-state index contributed by atoms with van der Waals surface area (Å²) in [7, 11) is 1.94. The van der Waals surface area contributed by atoms with Crippen LogP contribution in [0.3, 0.4) is 0 Å². The molecule has 2 heterocycles. The number of aryl methyl sites for hydroxylation is 2. The molecule has 0 spiro atoms. The third-order valence-corrected chi connectivity index (χ3v) is 3.70. The molecular formula is C16H21N3O2. The predicted octanol–water partition coefficient (Wildman–Crippen LogP) is 2.26. The van der Waals surface area contributed by atoms with Gasteiger partial charge in [0.1, 0.15) is 0 Å². The molecule has 1 atom stereocenters. The number of aromatic nitrogens is 2. The lowest BCUT2D eigenvalue weighted by molar-refractivity contribution is 0.174. The summed E-state index contributed by atoms with van der Waals surface area (Å²) in [5, 5.41) is 7.87. The van der Waals surface area contributed by atoms with Crippen molar-refractivity contribution in [3.63, 3.8) is 0 Å². The number of fused-ring (bicyclic) bond motifs is 1. The first-order chi connectivity index (χ1) is 10.2. The van der Waals surface area contributed by atoms with Crippen LogP contribution >= 0.6 is 0 Å². The van der Waals surface area contributed by atoms with Gasteiger partial charge in [-0.25, -0.2) is 0 Å². The number of ether oxygens (including phenoxy) is 2. The Morgan fingerprint density at radius 3 is 2.95 bits per heavy atom. The average molecular weight is 287 g/mol. The topological polar surface area (TPSA) is 48.3 Å². The van der Waals surface area contributed by atoms with Crippen LogP contribution in [0.4, 0.5) is 0 Å². The molecule has 1 aliphatic heterocycles. The summed E-state index contributed by atoms with van der Waals surface area (Å²) in [6.45, 7) is 3.35. The van der Waals surface area contributed by atoms with Gasteiger partial charge in [-0.05, 0) is 43.5 Å². The van der Waals surface area contributed by atoms with Crippen LogP contribution in [0.1, 0.15) is 24.6 Å². The lowest BCUT2D eigenvalue weighted by atomic mass is 10.1. The maximum absolute atomic E-state index is 5.41. The van der Waals surface area contributed by atoms with Gasteiger partial charge < -0.3 is 14.8 Å². The highest BCUT2D eigenvalue weighted by atomic mass is 16.7. The number of benzene rings is 1. The molecule has 2 aromatic rings. The molecule has 1 N–H and O–H groups in total. The fourth-order valence-corrected chi connectivity index (χ4v) is 2.42. The Labute approximate surface area is 124 Å². The maximum atomic E-state index is 5.41. The monoisotopic (exact) mass is 287 g/mol. The van der Waals surface area contributed by atoms with Gasteiger partial charge in [-0.2, -0.15) is 5.10 Å². The van der Waals surface area contributed by atoms with Crippen molar-refractivity contribution < 1.29 is 9.47 Å². The van der Waals surface area contributed by atoms with Gasteiger partial charge in [0.15, 0.2) is 11.5 Å². The zero-order valence-corrected chi connectivity index (χ0v) is 12.5. The number of hydrogen-bond acceptors (Lipinski definition) is 4. The molecule has 0 amide bonds. The lowest BCUT2D eigenvalue weighted by Crippen LogP contribution is -2.26. The third-order valence-electron chi connectivity index (χ3n) is 3.70. The van der Waals surface area contributed by atoms with Crippen molar-refractivity contribution in [1.82, 2.24) is 15.1 Å². The minimum atomic E-state index is 0.334. The molecule has 1 aliphatic rings. The first-order valence-corrected chi connectivity index (χ1v) is 7.31. The van der Waals surface area contributed by atoms with Gasteiger partial charge in [-0.15, -0.1) is 0 Å². The van der Waals surface area contributed by atoms with E-state index in [2.05, 4.69) is 29.5 Å². The number of rotatable bonds is 6. The summed E-state index contributed by atoms with van der Waals surface area (Å²) >= 11 is 0. The SMILES string of the molecule is CC(CCc1ccc2c(c1)OCO2)NCc1ccn(C)n1. The molecular weight excluding hydrogens is 266 g/mol. The fraction of sp³-hybridized carbons (Fsp3) is 0.438. The fourth-order valence-electron chi connectivity index (χ4n) is 2.42. The summed E-state index contributed by atoms with van der Waals surface area (Å²) in [6.07, 6.45) is 4.06. The molecule has 5 heteroatoms. The van der Waals surface area contributed by atoms with Crippen LogP contribution in [0.2, 0.25) is 0 Å². The van der Waals surface area contributed by atoms with E-state index in [1.165, 1.54) is 5.56 Å². The van der Waals surface area contributed by atoms with Gasteiger partial charge in [0.25, 0.3) is 0 Å². The standard InChI is InChI=1S/C16H21N3O2/c1-12(17-10-14-7-8-19(2)18-14)3-4-13-5-6-15-16(9-13)21-11-20-15/h5-9,12,17H,3-4,10-11H2,1-2H3. The lowest BCUT2D eigenvalue weighted by Gasteiger charge is -2.13. The van der Waals surface area contributed by atoms with Gasteiger partial charge in [0.05, 0.1) is 5.69 Å². The molecule has 21 heavy (non-hydrogen) atoms. The number of nitrogens with zero attached hydrogens (tertiary/aromatic N) is 2. The Morgan fingerprint density at radius 2 is 2.14 bits per heavy atom. The normalized spacial score (nSPS) is 14.4. The maximum Gasteiger partial charge on any atom is 0.231 e. The van der Waals surface area contributed by atoms with Crippen molar-refractivity contribution in [3.8, 4) is 11.5 Å². The van der Waals surface area contributed by atoms with Gasteiger partial charge in [0.2, 0.25) is 6.79 Å². The molecule has 0 saturated carbocycles. The van der Waals surface area contributed by atoms with Crippen molar-refractivity contribution in [2.45, 2.75) is 32.4 Å². The van der Waals surface area contributed by atoms with Crippen molar-refractivity contribution in [2.24, 2.45) is 7.05 Å². The molecule has 0 aliphatic carbocycles. The van der Waals surface area contributed by atoms with Gasteiger partial charge in [-0.3, -0.25) is 4.68 Å². The summed E-state index contributed by atoms with van der Waals surface area (Å²) < 4.78 is 12.6. The van der Waals surface area contributed by atoms with Crippen LogP contribution in [-0.2, 0) is 20.0 Å². The molecule has 1 aromatic carbocycles. The van der Waals surface area contributed by atoms with Crippen LogP contribution in [0.25, 0.3) is 0 Å². The van der Waals surface area contributed by atoms with E-state index in [0.717, 1.165) is 36.6 Å².